The molecule has 0 aliphatic heterocycles. The van der Waals surface area contributed by atoms with Gasteiger partial charge in [0.1, 0.15) is 29.1 Å². The molecule has 0 spiro atoms. The van der Waals surface area contributed by atoms with Gasteiger partial charge in [0, 0.05) is 30.1 Å². The fraction of sp³-hybridized carbons (Fsp3) is 0.160. The van der Waals surface area contributed by atoms with Crippen LogP contribution >= 0.6 is 0 Å². The molecule has 2 heterocycles. The smallest absolute Gasteiger partial charge is 0.268 e. The zero-order chi connectivity index (χ0) is 24.1. The van der Waals surface area contributed by atoms with Gasteiger partial charge in [-0.3, -0.25) is 9.59 Å². The number of halogens is 1. The number of pyridine rings is 1. The lowest BCUT2D eigenvalue weighted by atomic mass is 10.0. The molecule has 0 saturated carbocycles. The summed E-state index contributed by atoms with van der Waals surface area (Å²) in [5.74, 6) is -0.241. The molecule has 4 aromatic rings. The molecule has 0 bridgehead atoms. The first-order chi connectivity index (χ1) is 16.4. The molecular weight excluding hydrogens is 437 g/mol. The maximum atomic E-state index is 13.7. The summed E-state index contributed by atoms with van der Waals surface area (Å²) in [6.07, 6.45) is 1.68. The van der Waals surface area contributed by atoms with Crippen LogP contribution < -0.4 is 21.1 Å². The van der Waals surface area contributed by atoms with E-state index in [9.17, 15) is 14.0 Å². The van der Waals surface area contributed by atoms with Crippen molar-refractivity contribution >= 4 is 28.5 Å². The van der Waals surface area contributed by atoms with Crippen LogP contribution in [0, 0.1) is 5.82 Å². The monoisotopic (exact) mass is 461 g/mol. The van der Waals surface area contributed by atoms with Crippen LogP contribution in [-0.2, 0) is 17.8 Å². The Bertz CT molecular complexity index is 1320. The van der Waals surface area contributed by atoms with Crippen molar-refractivity contribution in [3.05, 3.63) is 89.5 Å². The maximum absolute atomic E-state index is 13.7. The minimum absolute atomic E-state index is 0.114. The van der Waals surface area contributed by atoms with Gasteiger partial charge in [0.05, 0.1) is 7.11 Å². The molecule has 0 aliphatic rings. The Morgan fingerprint density at radius 3 is 2.71 bits per heavy atom. The summed E-state index contributed by atoms with van der Waals surface area (Å²) < 4.78 is 18.9. The quantitative estimate of drug-likeness (QED) is 0.321. The highest BCUT2D eigenvalue weighted by Gasteiger charge is 2.23. The molecule has 8 nitrogen and oxygen atoms in total. The molecule has 34 heavy (non-hydrogen) atoms. The Hall–Kier alpha value is -4.40. The first-order valence-corrected chi connectivity index (χ1v) is 10.6. The number of anilines is 1. The number of hydrogen-bond acceptors (Lipinski definition) is 5. The fourth-order valence-electron chi connectivity index (χ4n) is 3.56. The van der Waals surface area contributed by atoms with Gasteiger partial charge < -0.3 is 26.1 Å². The Morgan fingerprint density at radius 2 is 1.97 bits per heavy atom. The number of nitrogens with one attached hydrogen (secondary N) is 3. The minimum atomic E-state index is -0.933. The normalized spacial score (nSPS) is 11.7. The van der Waals surface area contributed by atoms with Crippen LogP contribution in [0.5, 0.6) is 5.75 Å². The Labute approximate surface area is 195 Å². The summed E-state index contributed by atoms with van der Waals surface area (Å²) in [6, 6.07) is 15.5. The number of nitrogens with two attached hydrogens (primary N) is 1. The van der Waals surface area contributed by atoms with Gasteiger partial charge in [-0.05, 0) is 53.6 Å². The van der Waals surface area contributed by atoms with Gasteiger partial charge in [-0.25, -0.2) is 9.37 Å². The van der Waals surface area contributed by atoms with Crippen LogP contribution in [0.3, 0.4) is 0 Å². The van der Waals surface area contributed by atoms with Crippen molar-refractivity contribution in [2.75, 3.05) is 12.8 Å². The molecule has 0 radical (unpaired) electrons. The van der Waals surface area contributed by atoms with Crippen LogP contribution in [0.15, 0.2) is 66.9 Å². The fourth-order valence-corrected chi connectivity index (χ4v) is 3.56. The second-order valence-corrected chi connectivity index (χ2v) is 7.81. The first kappa shape index (κ1) is 22.8. The van der Waals surface area contributed by atoms with Crippen molar-refractivity contribution in [2.24, 2.45) is 0 Å². The van der Waals surface area contributed by atoms with E-state index < -0.39 is 23.7 Å². The number of aromatic nitrogens is 2. The average Bonchev–Trinajstić information content (AvgIpc) is 3.26. The SMILES string of the molecule is COc1ccc2[nH]c(C(=O)N[C@@H](Cc3cccc(F)c3)C(=O)NCc3ccc(N)nc3)cc2c1. The van der Waals surface area contributed by atoms with Gasteiger partial charge in [0.2, 0.25) is 5.91 Å². The number of aromatic amines is 1. The predicted octanol–water partition coefficient (Wildman–Crippen LogP) is 2.95. The number of ether oxygens (including phenoxy) is 1. The van der Waals surface area contributed by atoms with Gasteiger partial charge in [0.15, 0.2) is 0 Å². The van der Waals surface area contributed by atoms with Crippen molar-refractivity contribution in [1.82, 2.24) is 20.6 Å². The number of carbonyl (C=O) groups excluding carboxylic acids is 2. The van der Waals surface area contributed by atoms with E-state index in [0.29, 0.717) is 22.8 Å². The summed E-state index contributed by atoms with van der Waals surface area (Å²) in [5, 5.41) is 6.36. The molecule has 1 atom stereocenters. The lowest BCUT2D eigenvalue weighted by Crippen LogP contribution is -2.48. The molecule has 4 rings (SSSR count). The molecule has 0 aliphatic carbocycles. The second kappa shape index (κ2) is 10.0. The van der Waals surface area contributed by atoms with E-state index in [1.165, 1.54) is 12.1 Å². The molecule has 2 aromatic carbocycles. The zero-order valence-corrected chi connectivity index (χ0v) is 18.5. The second-order valence-electron chi connectivity index (χ2n) is 7.81. The number of rotatable bonds is 8. The summed E-state index contributed by atoms with van der Waals surface area (Å²) in [5.41, 5.74) is 7.98. The van der Waals surface area contributed by atoms with Crippen LogP contribution in [-0.4, -0.2) is 34.9 Å². The van der Waals surface area contributed by atoms with E-state index in [1.54, 1.807) is 55.8 Å². The third-order valence-corrected chi connectivity index (χ3v) is 5.34. The van der Waals surface area contributed by atoms with E-state index in [-0.39, 0.29) is 13.0 Å². The molecule has 174 valence electrons. The Kier molecular flexibility index (Phi) is 6.72. The molecule has 2 aromatic heterocycles. The van der Waals surface area contributed by atoms with Gasteiger partial charge in [-0.2, -0.15) is 0 Å². The molecule has 5 N–H and O–H groups in total. The molecular formula is C25H24FN5O3. The van der Waals surface area contributed by atoms with Crippen LogP contribution in [0.25, 0.3) is 10.9 Å². The number of carbonyl (C=O) groups is 2. The largest absolute Gasteiger partial charge is 0.497 e. The Balaban J connectivity index is 1.52. The highest BCUT2D eigenvalue weighted by molar-refractivity contribution is 6.00. The van der Waals surface area contributed by atoms with E-state index >= 15 is 0 Å². The number of nitrogen functional groups attached to an aromatic ring is 1. The van der Waals surface area contributed by atoms with Crippen LogP contribution in [0.4, 0.5) is 10.2 Å². The highest BCUT2D eigenvalue weighted by Crippen LogP contribution is 2.21. The number of amides is 2. The third kappa shape index (κ3) is 5.50. The van der Waals surface area contributed by atoms with Gasteiger partial charge >= 0.3 is 0 Å². The third-order valence-electron chi connectivity index (χ3n) is 5.34. The number of methoxy groups -OCH3 is 1. The Morgan fingerprint density at radius 1 is 1.12 bits per heavy atom. The topological polar surface area (TPSA) is 122 Å². The molecule has 0 fully saturated rings. The lowest BCUT2D eigenvalue weighted by molar-refractivity contribution is -0.123. The maximum Gasteiger partial charge on any atom is 0.268 e. The summed E-state index contributed by atoms with van der Waals surface area (Å²) in [4.78, 5) is 33.1. The minimum Gasteiger partial charge on any atom is -0.497 e. The lowest BCUT2D eigenvalue weighted by Gasteiger charge is -2.18. The van der Waals surface area contributed by atoms with Crippen molar-refractivity contribution in [2.45, 2.75) is 19.0 Å². The standard InChI is InChI=1S/C25H24FN5O3/c1-34-19-6-7-20-17(11-19)12-22(30-20)25(33)31-21(10-15-3-2-4-18(26)9-15)24(32)29-14-16-5-8-23(27)28-13-16/h2-9,11-13,21,30H,10,14H2,1H3,(H2,27,28)(H,29,32)(H,31,33)/t21-/m0/s1. The number of benzene rings is 2. The van der Waals surface area contributed by atoms with E-state index in [1.807, 2.05) is 6.07 Å². The van der Waals surface area contributed by atoms with Crippen molar-refractivity contribution in [3.63, 3.8) is 0 Å². The van der Waals surface area contributed by atoms with E-state index in [4.69, 9.17) is 10.5 Å². The van der Waals surface area contributed by atoms with Crippen LogP contribution in [0.2, 0.25) is 0 Å². The van der Waals surface area contributed by atoms with Crippen molar-refractivity contribution < 1.29 is 18.7 Å². The van der Waals surface area contributed by atoms with E-state index in [2.05, 4.69) is 20.6 Å². The number of H-pyrrole nitrogens is 1. The first-order valence-electron chi connectivity index (χ1n) is 10.6. The van der Waals surface area contributed by atoms with Gasteiger partial charge in [-0.15, -0.1) is 0 Å². The molecule has 0 saturated heterocycles. The zero-order valence-electron chi connectivity index (χ0n) is 18.5. The summed E-state index contributed by atoms with van der Waals surface area (Å²) >= 11 is 0. The average molecular weight is 461 g/mol. The van der Waals surface area contributed by atoms with Gasteiger partial charge in [-0.1, -0.05) is 18.2 Å². The summed E-state index contributed by atoms with van der Waals surface area (Å²) in [6.45, 7) is 0.202. The number of hydrogen-bond donors (Lipinski definition) is 4. The molecule has 9 heteroatoms. The predicted molar refractivity (Wildman–Crippen MR) is 127 cm³/mol. The summed E-state index contributed by atoms with van der Waals surface area (Å²) in [7, 11) is 1.57. The highest BCUT2D eigenvalue weighted by atomic mass is 19.1. The van der Waals surface area contributed by atoms with E-state index in [0.717, 1.165) is 16.5 Å². The van der Waals surface area contributed by atoms with Crippen molar-refractivity contribution in [3.8, 4) is 5.75 Å². The molecule has 2 amide bonds. The molecule has 0 unspecified atom stereocenters. The van der Waals surface area contributed by atoms with Gasteiger partial charge in [0.25, 0.3) is 5.91 Å². The van der Waals surface area contributed by atoms with Crippen LogP contribution in [0.1, 0.15) is 21.6 Å². The number of fused-ring (bicyclic) bond motifs is 1. The number of nitrogens with zero attached hydrogens (tertiary/aromatic N) is 1. The van der Waals surface area contributed by atoms with Crippen molar-refractivity contribution in [1.29, 1.82) is 0 Å².